The molecule has 0 fully saturated rings. The van der Waals surface area contributed by atoms with Crippen molar-refractivity contribution in [2.75, 3.05) is 6.54 Å². The molecule has 0 N–H and O–H groups in total. The molecular weight excluding hydrogens is 241 g/mol. The third-order valence-electron chi connectivity index (χ3n) is 2.56. The molecule has 1 aromatic rings. The van der Waals surface area contributed by atoms with Crippen LogP contribution in [0.5, 0.6) is 0 Å². The molecule has 0 saturated carbocycles. The van der Waals surface area contributed by atoms with Crippen molar-refractivity contribution in [2.24, 2.45) is 0 Å². The number of hydrogen-bond acceptors (Lipinski definition) is 2. The van der Waals surface area contributed by atoms with Gasteiger partial charge in [-0.15, -0.1) is 0 Å². The minimum Gasteiger partial charge on any atom is -0.212 e. The van der Waals surface area contributed by atoms with Crippen LogP contribution in [-0.2, 0) is 16.6 Å². The van der Waals surface area contributed by atoms with Gasteiger partial charge in [-0.3, -0.25) is 0 Å². The van der Waals surface area contributed by atoms with Crippen LogP contribution >= 0.6 is 0 Å². The first-order chi connectivity index (χ1) is 7.87. The lowest BCUT2D eigenvalue weighted by Gasteiger charge is -2.22. The van der Waals surface area contributed by atoms with Crippen LogP contribution in [0.25, 0.3) is 0 Å². The van der Waals surface area contributed by atoms with E-state index >= 15 is 0 Å². The van der Waals surface area contributed by atoms with Gasteiger partial charge in [0.05, 0.1) is 5.25 Å². The maximum atomic E-state index is 13.0. The molecule has 0 spiro atoms. The summed E-state index contributed by atoms with van der Waals surface area (Å²) in [6, 6.07) is 6.01. The number of sulfonamides is 1. The van der Waals surface area contributed by atoms with E-state index < -0.39 is 15.3 Å². The van der Waals surface area contributed by atoms with E-state index in [0.717, 1.165) is 0 Å². The van der Waals surface area contributed by atoms with Gasteiger partial charge in [0.25, 0.3) is 0 Å². The molecule has 0 heterocycles. The van der Waals surface area contributed by atoms with Gasteiger partial charge >= 0.3 is 0 Å². The van der Waals surface area contributed by atoms with Crippen LogP contribution in [0.15, 0.2) is 24.3 Å². The van der Waals surface area contributed by atoms with Crippen molar-refractivity contribution in [2.45, 2.75) is 32.6 Å². The average Bonchev–Trinajstić information content (AvgIpc) is 2.25. The smallest absolute Gasteiger partial charge is 0.212 e. The van der Waals surface area contributed by atoms with Crippen LogP contribution in [0, 0.1) is 5.82 Å². The Bertz CT molecular complexity index is 471. The summed E-state index contributed by atoms with van der Waals surface area (Å²) < 4.78 is 38.3. The highest BCUT2D eigenvalue weighted by atomic mass is 32.2. The maximum Gasteiger partial charge on any atom is 0.216 e. The molecule has 0 radical (unpaired) electrons. The van der Waals surface area contributed by atoms with Gasteiger partial charge in [0.1, 0.15) is 5.82 Å². The van der Waals surface area contributed by atoms with Gasteiger partial charge < -0.3 is 0 Å². The lowest BCUT2D eigenvalue weighted by Crippen LogP contribution is -2.35. The monoisotopic (exact) mass is 259 g/mol. The van der Waals surface area contributed by atoms with E-state index in [0.29, 0.717) is 12.1 Å². The molecule has 1 rings (SSSR count). The molecule has 0 aromatic heterocycles. The van der Waals surface area contributed by atoms with E-state index in [-0.39, 0.29) is 12.4 Å². The van der Waals surface area contributed by atoms with Crippen molar-refractivity contribution >= 4 is 10.0 Å². The lowest BCUT2D eigenvalue weighted by molar-refractivity contribution is 0.417. The summed E-state index contributed by atoms with van der Waals surface area (Å²) >= 11 is 0. The fourth-order valence-electron chi connectivity index (χ4n) is 1.52. The van der Waals surface area contributed by atoms with Crippen LogP contribution in [0.3, 0.4) is 0 Å². The quantitative estimate of drug-likeness (QED) is 0.814. The first kappa shape index (κ1) is 14.1. The Labute approximate surface area is 102 Å². The van der Waals surface area contributed by atoms with Crippen LogP contribution in [0.1, 0.15) is 26.3 Å². The Kier molecular flexibility index (Phi) is 4.65. The Morgan fingerprint density at radius 2 is 2.00 bits per heavy atom. The first-order valence-corrected chi connectivity index (χ1v) is 7.11. The molecule has 0 amide bonds. The zero-order valence-corrected chi connectivity index (χ0v) is 11.2. The highest BCUT2D eigenvalue weighted by Crippen LogP contribution is 2.14. The molecule has 0 bridgehead atoms. The zero-order valence-electron chi connectivity index (χ0n) is 10.4. The van der Waals surface area contributed by atoms with Crippen molar-refractivity contribution in [3.05, 3.63) is 35.6 Å². The highest BCUT2D eigenvalue weighted by molar-refractivity contribution is 7.89. The van der Waals surface area contributed by atoms with E-state index in [1.165, 1.54) is 16.4 Å². The SMILES string of the molecule is CCN(Cc1cccc(F)c1)S(=O)(=O)C(C)C. The second-order valence-corrected chi connectivity index (χ2v) is 6.64. The van der Waals surface area contributed by atoms with Gasteiger partial charge in [-0.25, -0.2) is 12.8 Å². The third-order valence-corrected chi connectivity index (χ3v) is 4.85. The minimum absolute atomic E-state index is 0.217. The summed E-state index contributed by atoms with van der Waals surface area (Å²) in [6.45, 7) is 5.66. The topological polar surface area (TPSA) is 37.4 Å². The number of rotatable bonds is 5. The van der Waals surface area contributed by atoms with Crippen LogP contribution in [-0.4, -0.2) is 24.5 Å². The zero-order chi connectivity index (χ0) is 13.1. The average molecular weight is 259 g/mol. The minimum atomic E-state index is -3.29. The lowest BCUT2D eigenvalue weighted by atomic mass is 10.2. The Hall–Kier alpha value is -0.940. The predicted molar refractivity (Wildman–Crippen MR) is 66.5 cm³/mol. The Morgan fingerprint density at radius 3 is 2.47 bits per heavy atom. The first-order valence-electron chi connectivity index (χ1n) is 5.61. The van der Waals surface area contributed by atoms with Gasteiger partial charge in [0.15, 0.2) is 0 Å². The molecule has 0 atom stereocenters. The van der Waals surface area contributed by atoms with Crippen LogP contribution in [0.4, 0.5) is 4.39 Å². The van der Waals surface area contributed by atoms with E-state index in [9.17, 15) is 12.8 Å². The summed E-state index contributed by atoms with van der Waals surface area (Å²) in [5, 5.41) is -0.462. The van der Waals surface area contributed by atoms with E-state index in [4.69, 9.17) is 0 Å². The summed E-state index contributed by atoms with van der Waals surface area (Å²) in [5.41, 5.74) is 0.663. The van der Waals surface area contributed by atoms with Crippen molar-refractivity contribution in [3.8, 4) is 0 Å². The molecule has 96 valence electrons. The molecule has 5 heteroatoms. The second-order valence-electron chi connectivity index (χ2n) is 4.15. The van der Waals surface area contributed by atoms with Gasteiger partial charge in [-0.2, -0.15) is 4.31 Å². The molecule has 0 unspecified atom stereocenters. The highest BCUT2D eigenvalue weighted by Gasteiger charge is 2.24. The number of nitrogens with zero attached hydrogens (tertiary/aromatic N) is 1. The summed E-state index contributed by atoms with van der Waals surface area (Å²) in [4.78, 5) is 0. The number of benzene rings is 1. The van der Waals surface area contributed by atoms with Crippen molar-refractivity contribution in [3.63, 3.8) is 0 Å². The molecule has 0 aliphatic heterocycles. The fourth-order valence-corrected chi connectivity index (χ4v) is 2.80. The fraction of sp³-hybridized carbons (Fsp3) is 0.500. The second kappa shape index (κ2) is 5.60. The third kappa shape index (κ3) is 3.51. The molecule has 1 aromatic carbocycles. The van der Waals surface area contributed by atoms with Gasteiger partial charge in [0.2, 0.25) is 10.0 Å². The number of hydrogen-bond donors (Lipinski definition) is 0. The summed E-state index contributed by atoms with van der Waals surface area (Å²) in [6.07, 6.45) is 0. The summed E-state index contributed by atoms with van der Waals surface area (Å²) in [7, 11) is -3.29. The number of halogens is 1. The molecule has 0 saturated heterocycles. The van der Waals surface area contributed by atoms with Gasteiger partial charge in [-0.1, -0.05) is 19.1 Å². The Morgan fingerprint density at radius 1 is 1.35 bits per heavy atom. The molecule has 0 aliphatic carbocycles. The molecule has 3 nitrogen and oxygen atoms in total. The molecule has 17 heavy (non-hydrogen) atoms. The summed E-state index contributed by atoms with van der Waals surface area (Å²) in [5.74, 6) is -0.347. The van der Waals surface area contributed by atoms with E-state index in [2.05, 4.69) is 0 Å². The molecular formula is C12H18FNO2S. The van der Waals surface area contributed by atoms with Crippen LogP contribution < -0.4 is 0 Å². The van der Waals surface area contributed by atoms with Crippen molar-refractivity contribution in [1.29, 1.82) is 0 Å². The maximum absolute atomic E-state index is 13.0. The largest absolute Gasteiger partial charge is 0.216 e. The van der Waals surface area contributed by atoms with Crippen LogP contribution in [0.2, 0.25) is 0 Å². The predicted octanol–water partition coefficient (Wildman–Crippen LogP) is 2.39. The van der Waals surface area contributed by atoms with Gasteiger partial charge in [0, 0.05) is 13.1 Å². The molecule has 0 aliphatic rings. The van der Waals surface area contributed by atoms with E-state index in [1.54, 1.807) is 32.9 Å². The standard InChI is InChI=1S/C12H18FNO2S/c1-4-14(17(15,16)10(2)3)9-11-6-5-7-12(13)8-11/h5-8,10H,4,9H2,1-3H3. The van der Waals surface area contributed by atoms with Crippen molar-refractivity contribution in [1.82, 2.24) is 4.31 Å². The Balaban J connectivity index is 2.92. The van der Waals surface area contributed by atoms with E-state index in [1.807, 2.05) is 0 Å². The van der Waals surface area contributed by atoms with Crippen molar-refractivity contribution < 1.29 is 12.8 Å². The van der Waals surface area contributed by atoms with Gasteiger partial charge in [-0.05, 0) is 31.5 Å². The normalized spacial score (nSPS) is 12.4.